The van der Waals surface area contributed by atoms with Crippen LogP contribution in [0, 0.1) is 15.5 Å². The number of para-hydroxylation sites is 1. The number of nitrogens with zero attached hydrogens (tertiary/aromatic N) is 6. The quantitative estimate of drug-likeness (QED) is 0.225. The van der Waals surface area contributed by atoms with Crippen LogP contribution in [0.25, 0.3) is 22.2 Å². The lowest BCUT2D eigenvalue weighted by molar-refractivity contribution is -0.384. The predicted octanol–water partition coefficient (Wildman–Crippen LogP) is 5.18. The molecule has 40 heavy (non-hydrogen) atoms. The minimum Gasteiger partial charge on any atom is -0.494 e. The third-order valence-electron chi connectivity index (χ3n) is 7.04. The molecule has 1 N–H and O–H groups in total. The number of likely N-dealkylation sites (N-methyl/N-ethyl adjacent to an activating group) is 2. The molecule has 0 fully saturated rings. The number of nitrogens with one attached hydrogen (secondary N) is 1. The molecule has 11 heteroatoms. The first-order valence-corrected chi connectivity index (χ1v) is 13.1. The molecule has 2 aromatic carbocycles. The largest absolute Gasteiger partial charge is 0.494 e. The molecule has 0 atom stereocenters. The molecular weight excluding hydrogens is 510 g/mol. The summed E-state index contributed by atoms with van der Waals surface area (Å²) in [5.41, 5.74) is 3.54. The third-order valence-corrected chi connectivity index (χ3v) is 7.04. The maximum Gasteiger partial charge on any atom is 0.294 e. The number of rotatable bonds is 9. The molecule has 0 radical (unpaired) electrons. The highest BCUT2D eigenvalue weighted by Crippen LogP contribution is 2.41. The van der Waals surface area contributed by atoms with Gasteiger partial charge < -0.3 is 29.2 Å². The molecule has 0 bridgehead atoms. The number of nitro benzene ring substituents is 1. The molecule has 3 heterocycles. The molecule has 0 saturated heterocycles. The minimum absolute atomic E-state index is 0.0292. The molecule has 0 unspecified atom stereocenters. The highest BCUT2D eigenvalue weighted by atomic mass is 16.6. The van der Waals surface area contributed by atoms with Crippen molar-refractivity contribution < 1.29 is 14.4 Å². The van der Waals surface area contributed by atoms with Gasteiger partial charge in [-0.25, -0.2) is 9.97 Å². The van der Waals surface area contributed by atoms with Crippen molar-refractivity contribution in [3.63, 3.8) is 0 Å². The molecule has 0 amide bonds. The van der Waals surface area contributed by atoms with E-state index in [4.69, 9.17) is 14.5 Å². The Morgan fingerprint density at radius 2 is 2.00 bits per heavy atom. The first-order valence-electron chi connectivity index (χ1n) is 13.1. The number of hydrogen-bond acceptors (Lipinski definition) is 9. The second kappa shape index (κ2) is 10.6. The van der Waals surface area contributed by atoms with E-state index in [1.54, 1.807) is 12.3 Å². The molecule has 4 aromatic rings. The van der Waals surface area contributed by atoms with Crippen molar-refractivity contribution in [1.29, 1.82) is 0 Å². The molecule has 11 nitrogen and oxygen atoms in total. The van der Waals surface area contributed by atoms with E-state index in [9.17, 15) is 10.1 Å². The van der Waals surface area contributed by atoms with E-state index < -0.39 is 0 Å². The van der Waals surface area contributed by atoms with E-state index in [0.717, 1.165) is 41.0 Å². The maximum absolute atomic E-state index is 12.0. The Balaban J connectivity index is 1.51. The highest BCUT2D eigenvalue weighted by Gasteiger charge is 2.27. The zero-order chi connectivity index (χ0) is 28.6. The van der Waals surface area contributed by atoms with E-state index in [0.29, 0.717) is 36.2 Å². The molecule has 0 spiro atoms. The average molecular weight is 546 g/mol. The summed E-state index contributed by atoms with van der Waals surface area (Å²) < 4.78 is 14.0. The Hall–Kier alpha value is -4.38. The van der Waals surface area contributed by atoms with Crippen LogP contribution in [0.2, 0.25) is 0 Å². The lowest BCUT2D eigenvalue weighted by Crippen LogP contribution is -2.28. The van der Waals surface area contributed by atoms with Crippen LogP contribution in [0.5, 0.6) is 11.5 Å². The van der Waals surface area contributed by atoms with Crippen molar-refractivity contribution >= 4 is 33.9 Å². The van der Waals surface area contributed by atoms with Crippen molar-refractivity contribution in [3.05, 3.63) is 58.9 Å². The van der Waals surface area contributed by atoms with Crippen LogP contribution >= 0.6 is 0 Å². The van der Waals surface area contributed by atoms with Gasteiger partial charge in [0.1, 0.15) is 17.2 Å². The number of benzene rings is 2. The van der Waals surface area contributed by atoms with Crippen LogP contribution in [0.4, 0.5) is 23.0 Å². The number of ether oxygens (including phenoxy) is 2. The van der Waals surface area contributed by atoms with Crippen molar-refractivity contribution in [2.75, 3.05) is 58.2 Å². The number of hydrogen-bond donors (Lipinski definition) is 1. The topological polar surface area (TPSA) is 111 Å². The van der Waals surface area contributed by atoms with Gasteiger partial charge in [-0.2, -0.15) is 0 Å². The highest BCUT2D eigenvalue weighted by molar-refractivity contribution is 5.98. The summed E-state index contributed by atoms with van der Waals surface area (Å²) in [7, 11) is 7.29. The monoisotopic (exact) mass is 545 g/mol. The third kappa shape index (κ3) is 5.37. The summed E-state index contributed by atoms with van der Waals surface area (Å²) in [6.07, 6.45) is 3.79. The molecule has 0 saturated carbocycles. The van der Waals surface area contributed by atoms with Gasteiger partial charge in [0.05, 0.1) is 35.5 Å². The van der Waals surface area contributed by atoms with Crippen molar-refractivity contribution in [2.24, 2.45) is 5.41 Å². The van der Waals surface area contributed by atoms with E-state index in [1.165, 1.54) is 13.2 Å². The van der Waals surface area contributed by atoms with Crippen molar-refractivity contribution in [1.82, 2.24) is 19.4 Å². The molecule has 5 rings (SSSR count). The van der Waals surface area contributed by atoms with Crippen LogP contribution < -0.4 is 19.7 Å². The van der Waals surface area contributed by atoms with Gasteiger partial charge in [-0.3, -0.25) is 10.1 Å². The Morgan fingerprint density at radius 1 is 1.20 bits per heavy atom. The van der Waals surface area contributed by atoms with Gasteiger partial charge in [-0.15, -0.1) is 0 Å². The summed E-state index contributed by atoms with van der Waals surface area (Å²) in [6.45, 7) is 7.20. The molecule has 210 valence electrons. The van der Waals surface area contributed by atoms with Crippen LogP contribution in [0.3, 0.4) is 0 Å². The Bertz CT molecular complexity index is 1560. The molecule has 1 aliphatic heterocycles. The SMILES string of the molecule is COc1cc(N(C)CCN(C)C)c([N+](=O)[O-])cc1Nc1nccc(-c2cn3c4c(cccc24)OCC(C)(C)C3)n1. The van der Waals surface area contributed by atoms with E-state index in [-0.39, 0.29) is 16.0 Å². The molecular formula is C29H35N7O4. The summed E-state index contributed by atoms with van der Waals surface area (Å²) >= 11 is 0. The summed E-state index contributed by atoms with van der Waals surface area (Å²) in [5.74, 6) is 1.61. The minimum atomic E-state index is -0.385. The normalized spacial score (nSPS) is 14.1. The van der Waals surface area contributed by atoms with Crippen LogP contribution in [0.15, 0.2) is 48.8 Å². The van der Waals surface area contributed by atoms with Crippen LogP contribution in [-0.4, -0.2) is 72.3 Å². The van der Waals surface area contributed by atoms with E-state index >= 15 is 0 Å². The van der Waals surface area contributed by atoms with Crippen LogP contribution in [0.1, 0.15) is 13.8 Å². The fourth-order valence-electron chi connectivity index (χ4n) is 4.99. The van der Waals surface area contributed by atoms with Crippen molar-refractivity contribution in [3.8, 4) is 22.8 Å². The fourth-order valence-corrected chi connectivity index (χ4v) is 4.99. The van der Waals surface area contributed by atoms with E-state index in [2.05, 4.69) is 41.0 Å². The van der Waals surface area contributed by atoms with Crippen molar-refractivity contribution in [2.45, 2.75) is 20.4 Å². The number of methoxy groups -OCH3 is 1. The lowest BCUT2D eigenvalue weighted by Gasteiger charge is -2.22. The second-order valence-corrected chi connectivity index (χ2v) is 11.2. The number of aromatic nitrogens is 3. The van der Waals surface area contributed by atoms with Gasteiger partial charge in [-0.05, 0) is 26.2 Å². The van der Waals surface area contributed by atoms with Gasteiger partial charge >= 0.3 is 0 Å². The van der Waals surface area contributed by atoms with Gasteiger partial charge in [-0.1, -0.05) is 26.0 Å². The molecule has 0 aliphatic carbocycles. The first kappa shape index (κ1) is 27.2. The Kier molecular flexibility index (Phi) is 7.24. The molecule has 1 aliphatic rings. The first-order chi connectivity index (χ1) is 19.1. The average Bonchev–Trinajstić information content (AvgIpc) is 3.21. The standard InChI is InChI=1S/C29H35N7O4/c1-29(2)17-35-16-20(19-8-7-9-25(27(19)35)40-18-29)21-10-11-30-28(31-21)32-22-14-24(36(37)38)23(15-26(22)39-6)34(5)13-12-33(3)4/h7-11,14-16H,12-13,17-18H2,1-6H3,(H,30,31,32). The maximum atomic E-state index is 12.0. The smallest absolute Gasteiger partial charge is 0.294 e. The van der Waals surface area contributed by atoms with Gasteiger partial charge in [0.15, 0.2) is 0 Å². The van der Waals surface area contributed by atoms with E-state index in [1.807, 2.05) is 49.1 Å². The number of nitro groups is 1. The summed E-state index contributed by atoms with van der Waals surface area (Å²) in [6, 6.07) is 11.1. The zero-order valence-electron chi connectivity index (χ0n) is 23.8. The Morgan fingerprint density at radius 3 is 2.73 bits per heavy atom. The van der Waals surface area contributed by atoms with Crippen LogP contribution in [-0.2, 0) is 6.54 Å². The van der Waals surface area contributed by atoms with Gasteiger partial charge in [0, 0.05) is 67.6 Å². The summed E-state index contributed by atoms with van der Waals surface area (Å²) in [5, 5.41) is 16.2. The fraction of sp³-hybridized carbons (Fsp3) is 0.379. The predicted molar refractivity (Wildman–Crippen MR) is 157 cm³/mol. The zero-order valence-corrected chi connectivity index (χ0v) is 23.8. The molecule has 2 aromatic heterocycles. The van der Waals surface area contributed by atoms with Gasteiger partial charge in [0.2, 0.25) is 5.95 Å². The van der Waals surface area contributed by atoms with Gasteiger partial charge in [0.25, 0.3) is 5.69 Å². The summed E-state index contributed by atoms with van der Waals surface area (Å²) in [4.78, 5) is 24.7. The second-order valence-electron chi connectivity index (χ2n) is 11.2. The number of anilines is 3. The lowest BCUT2D eigenvalue weighted by atomic mass is 9.95. The Labute approximate surface area is 233 Å².